The van der Waals surface area contributed by atoms with Crippen LogP contribution in [0.2, 0.25) is 5.02 Å². The van der Waals surface area contributed by atoms with E-state index in [-0.39, 0.29) is 22.1 Å². The Balaban J connectivity index is 1.71. The molecule has 0 aliphatic rings. The summed E-state index contributed by atoms with van der Waals surface area (Å²) < 4.78 is 38.2. The number of ether oxygens (including phenoxy) is 1. The highest BCUT2D eigenvalue weighted by Crippen LogP contribution is 2.23. The van der Waals surface area contributed by atoms with Crippen LogP contribution in [0.3, 0.4) is 0 Å². The molecule has 3 aromatic rings. The van der Waals surface area contributed by atoms with E-state index >= 15 is 0 Å². The molecular formula is C15H11ClN2O6S. The fourth-order valence-corrected chi connectivity index (χ4v) is 3.06. The smallest absolute Gasteiger partial charge is 0.338 e. The molecule has 0 bridgehead atoms. The Morgan fingerprint density at radius 2 is 2.04 bits per heavy atom. The summed E-state index contributed by atoms with van der Waals surface area (Å²) in [4.78, 5) is 11.7. The van der Waals surface area contributed by atoms with Gasteiger partial charge in [0.25, 0.3) is 0 Å². The van der Waals surface area contributed by atoms with Gasteiger partial charge in [-0.2, -0.15) is 0 Å². The van der Waals surface area contributed by atoms with Crippen molar-refractivity contribution < 1.29 is 26.9 Å². The second kappa shape index (κ2) is 6.71. The number of carbonyl (C=O) groups excluding carboxylic acids is 1. The van der Waals surface area contributed by atoms with Gasteiger partial charge in [0.05, 0.1) is 16.8 Å². The number of hydrogen-bond donors (Lipinski definition) is 1. The number of halogens is 1. The van der Waals surface area contributed by atoms with Crippen molar-refractivity contribution in [2.75, 3.05) is 0 Å². The second-order valence-electron chi connectivity index (χ2n) is 4.93. The molecular weight excluding hydrogens is 372 g/mol. The van der Waals surface area contributed by atoms with Crippen molar-refractivity contribution in [2.24, 2.45) is 5.14 Å². The minimum atomic E-state index is -4.06. The maximum Gasteiger partial charge on any atom is 0.338 e. The average molecular weight is 383 g/mol. The van der Waals surface area contributed by atoms with Crippen LogP contribution in [-0.2, 0) is 21.4 Å². The predicted octanol–water partition coefficient (Wildman–Crippen LogP) is 2.59. The van der Waals surface area contributed by atoms with E-state index in [0.29, 0.717) is 17.2 Å². The first-order valence-electron chi connectivity index (χ1n) is 6.83. The van der Waals surface area contributed by atoms with Gasteiger partial charge in [0.2, 0.25) is 15.8 Å². The average Bonchev–Trinajstić information content (AvgIpc) is 3.23. The maximum absolute atomic E-state index is 12.1. The van der Waals surface area contributed by atoms with E-state index < -0.39 is 16.0 Å². The fourth-order valence-electron chi connectivity index (χ4n) is 1.99. The van der Waals surface area contributed by atoms with Gasteiger partial charge in [-0.3, -0.25) is 0 Å². The monoisotopic (exact) mass is 382 g/mol. The molecule has 0 unspecified atom stereocenters. The van der Waals surface area contributed by atoms with E-state index in [1.807, 2.05) is 0 Å². The van der Waals surface area contributed by atoms with Crippen molar-refractivity contribution in [3.8, 4) is 11.5 Å². The summed E-state index contributed by atoms with van der Waals surface area (Å²) >= 11 is 5.77. The third-order valence-electron chi connectivity index (χ3n) is 3.15. The molecule has 1 aromatic carbocycles. The lowest BCUT2D eigenvalue weighted by Crippen LogP contribution is -2.14. The van der Waals surface area contributed by atoms with Gasteiger partial charge in [-0.25, -0.2) is 18.4 Å². The van der Waals surface area contributed by atoms with Crippen LogP contribution >= 0.6 is 11.6 Å². The summed E-state index contributed by atoms with van der Waals surface area (Å²) in [7, 11) is -4.06. The molecule has 0 fully saturated rings. The Bertz CT molecular complexity index is 1010. The molecule has 0 amide bonds. The molecule has 10 heteroatoms. The van der Waals surface area contributed by atoms with Crippen LogP contribution in [0, 0.1) is 0 Å². The Labute approximate surface area is 147 Å². The van der Waals surface area contributed by atoms with Gasteiger partial charge in [0.15, 0.2) is 5.76 Å². The third-order valence-corrected chi connectivity index (χ3v) is 4.54. The molecule has 2 aromatic heterocycles. The largest absolute Gasteiger partial charge is 0.461 e. The van der Waals surface area contributed by atoms with E-state index in [4.69, 9.17) is 30.4 Å². The van der Waals surface area contributed by atoms with Gasteiger partial charge in [-0.15, -0.1) is 0 Å². The molecule has 25 heavy (non-hydrogen) atoms. The van der Waals surface area contributed by atoms with Crippen molar-refractivity contribution in [1.82, 2.24) is 5.16 Å². The lowest BCUT2D eigenvalue weighted by molar-refractivity contribution is 0.0464. The number of nitrogens with two attached hydrogens (primary N) is 1. The van der Waals surface area contributed by atoms with Crippen molar-refractivity contribution >= 4 is 27.6 Å². The summed E-state index contributed by atoms with van der Waals surface area (Å²) in [6.45, 7) is -0.170. The standard InChI is InChI=1S/C15H11ClN2O6S/c16-11-4-3-9(6-14(11)25(17,20)21)15(19)23-8-10-7-13(24-18-10)12-2-1-5-22-12/h1-7H,8H2,(H2,17,20,21). The summed E-state index contributed by atoms with van der Waals surface area (Å²) in [5, 5.41) is 8.72. The first-order valence-corrected chi connectivity index (χ1v) is 8.76. The van der Waals surface area contributed by atoms with Crippen molar-refractivity contribution in [2.45, 2.75) is 11.5 Å². The summed E-state index contributed by atoms with van der Waals surface area (Å²) in [6, 6.07) is 8.58. The van der Waals surface area contributed by atoms with E-state index in [1.165, 1.54) is 18.4 Å². The minimum Gasteiger partial charge on any atom is -0.461 e. The van der Waals surface area contributed by atoms with Gasteiger partial charge in [0.1, 0.15) is 17.2 Å². The van der Waals surface area contributed by atoms with E-state index in [2.05, 4.69) is 5.16 Å². The zero-order valence-corrected chi connectivity index (χ0v) is 14.1. The van der Waals surface area contributed by atoms with Crippen LogP contribution in [0.15, 0.2) is 56.5 Å². The van der Waals surface area contributed by atoms with Crippen LogP contribution in [0.25, 0.3) is 11.5 Å². The molecule has 0 saturated carbocycles. The number of rotatable bonds is 5. The van der Waals surface area contributed by atoms with Gasteiger partial charge >= 0.3 is 5.97 Å². The minimum absolute atomic E-state index is 0.0109. The van der Waals surface area contributed by atoms with Crippen molar-refractivity contribution in [3.05, 3.63) is 58.9 Å². The molecule has 8 nitrogen and oxygen atoms in total. The molecule has 2 heterocycles. The van der Waals surface area contributed by atoms with Gasteiger partial charge < -0.3 is 13.7 Å². The first kappa shape index (κ1) is 17.2. The van der Waals surface area contributed by atoms with Crippen LogP contribution in [0.5, 0.6) is 0 Å². The van der Waals surface area contributed by atoms with Crippen LogP contribution in [0.4, 0.5) is 0 Å². The highest BCUT2D eigenvalue weighted by molar-refractivity contribution is 7.89. The third kappa shape index (κ3) is 3.90. The Kier molecular flexibility index (Phi) is 4.62. The normalized spacial score (nSPS) is 11.4. The lowest BCUT2D eigenvalue weighted by atomic mass is 10.2. The van der Waals surface area contributed by atoms with E-state index in [1.54, 1.807) is 18.2 Å². The number of benzene rings is 1. The molecule has 0 radical (unpaired) electrons. The summed E-state index contributed by atoms with van der Waals surface area (Å²) in [5.74, 6) is 0.115. The Morgan fingerprint density at radius 1 is 1.24 bits per heavy atom. The molecule has 2 N–H and O–H groups in total. The van der Waals surface area contributed by atoms with Gasteiger partial charge in [-0.1, -0.05) is 16.8 Å². The second-order valence-corrected chi connectivity index (χ2v) is 6.86. The SMILES string of the molecule is NS(=O)(=O)c1cc(C(=O)OCc2cc(-c3ccco3)on2)ccc1Cl. The maximum atomic E-state index is 12.1. The Morgan fingerprint density at radius 3 is 2.72 bits per heavy atom. The molecule has 0 aliphatic heterocycles. The molecule has 3 rings (SSSR count). The molecule has 0 spiro atoms. The summed E-state index contributed by atoms with van der Waals surface area (Å²) in [6.07, 6.45) is 1.49. The zero-order valence-electron chi connectivity index (χ0n) is 12.5. The van der Waals surface area contributed by atoms with Gasteiger partial charge in [0, 0.05) is 6.07 Å². The molecule has 0 aliphatic carbocycles. The highest BCUT2D eigenvalue weighted by atomic mass is 35.5. The number of primary sulfonamides is 1. The molecule has 0 atom stereocenters. The number of furan rings is 1. The zero-order chi connectivity index (χ0) is 18.0. The van der Waals surface area contributed by atoms with Gasteiger partial charge in [-0.05, 0) is 30.3 Å². The predicted molar refractivity (Wildman–Crippen MR) is 86.1 cm³/mol. The van der Waals surface area contributed by atoms with E-state index in [9.17, 15) is 13.2 Å². The summed E-state index contributed by atoms with van der Waals surface area (Å²) in [5.41, 5.74) is 0.351. The Hall–Kier alpha value is -2.62. The lowest BCUT2D eigenvalue weighted by Gasteiger charge is -2.06. The quantitative estimate of drug-likeness (QED) is 0.672. The number of aromatic nitrogens is 1. The number of carbonyl (C=O) groups is 1. The topological polar surface area (TPSA) is 126 Å². The fraction of sp³-hybridized carbons (Fsp3) is 0.0667. The van der Waals surface area contributed by atoms with Crippen LogP contribution in [0.1, 0.15) is 16.1 Å². The number of sulfonamides is 1. The number of hydrogen-bond acceptors (Lipinski definition) is 7. The number of esters is 1. The van der Waals surface area contributed by atoms with Crippen molar-refractivity contribution in [1.29, 1.82) is 0 Å². The van der Waals surface area contributed by atoms with Crippen molar-refractivity contribution in [3.63, 3.8) is 0 Å². The highest BCUT2D eigenvalue weighted by Gasteiger charge is 2.18. The van der Waals surface area contributed by atoms with Crippen LogP contribution < -0.4 is 5.14 Å². The van der Waals surface area contributed by atoms with Crippen LogP contribution in [-0.4, -0.2) is 19.5 Å². The first-order chi connectivity index (χ1) is 11.8. The molecule has 0 saturated heterocycles. The van der Waals surface area contributed by atoms with E-state index in [0.717, 1.165) is 6.07 Å². The molecule has 130 valence electrons. The number of nitrogens with zero attached hydrogens (tertiary/aromatic N) is 1.